The van der Waals surface area contributed by atoms with E-state index in [0.29, 0.717) is 19.6 Å². The van der Waals surface area contributed by atoms with Crippen LogP contribution in [0.4, 0.5) is 0 Å². The zero-order chi connectivity index (χ0) is 14.9. The molecule has 6 nitrogen and oxygen atoms in total. The van der Waals surface area contributed by atoms with Crippen LogP contribution in [0, 0.1) is 0 Å². The van der Waals surface area contributed by atoms with Crippen LogP contribution >= 0.6 is 0 Å². The van der Waals surface area contributed by atoms with Gasteiger partial charge in [0.15, 0.2) is 0 Å². The summed E-state index contributed by atoms with van der Waals surface area (Å²) in [6, 6.07) is 6.74. The molecule has 1 fully saturated rings. The number of hydrogen-bond acceptors (Lipinski definition) is 5. The van der Waals surface area contributed by atoms with E-state index in [4.69, 9.17) is 0 Å². The van der Waals surface area contributed by atoms with Crippen molar-refractivity contribution in [3.63, 3.8) is 0 Å². The number of aliphatic hydroxyl groups excluding tert-OH is 2. The van der Waals surface area contributed by atoms with Crippen LogP contribution in [-0.4, -0.2) is 67.2 Å². The zero-order valence-corrected chi connectivity index (χ0v) is 12.4. The topological polar surface area (TPSA) is 81.1 Å². The Bertz CT molecular complexity index is 563. The summed E-state index contributed by atoms with van der Waals surface area (Å²) >= 11 is 0. The minimum Gasteiger partial charge on any atom is -0.389 e. The Kier molecular flexibility index (Phi) is 4.46. The molecule has 1 aromatic rings. The summed E-state index contributed by atoms with van der Waals surface area (Å²) in [4.78, 5) is 2.15. The summed E-state index contributed by atoms with van der Waals surface area (Å²) in [6.45, 7) is 1.29. The normalized spacial score (nSPS) is 24.4. The van der Waals surface area contributed by atoms with Gasteiger partial charge in [0.05, 0.1) is 17.1 Å². The molecule has 0 amide bonds. The van der Waals surface area contributed by atoms with Crippen molar-refractivity contribution in [3.8, 4) is 0 Å². The van der Waals surface area contributed by atoms with Crippen LogP contribution < -0.4 is 0 Å². The number of rotatable bonds is 4. The highest BCUT2D eigenvalue weighted by atomic mass is 32.2. The quantitative estimate of drug-likeness (QED) is 0.781. The molecule has 1 aliphatic rings. The minimum absolute atomic E-state index is 0.250. The summed E-state index contributed by atoms with van der Waals surface area (Å²) in [5.74, 6) is 0. The first-order valence-electron chi connectivity index (χ1n) is 6.40. The predicted molar refractivity (Wildman–Crippen MR) is 74.6 cm³/mol. The summed E-state index contributed by atoms with van der Waals surface area (Å²) in [5, 5.41) is 19.0. The second-order valence-corrected chi connectivity index (χ2v) is 7.42. The molecule has 1 aromatic carbocycles. The monoisotopic (exact) mass is 300 g/mol. The highest BCUT2D eigenvalue weighted by molar-refractivity contribution is 7.89. The van der Waals surface area contributed by atoms with Gasteiger partial charge in [-0.05, 0) is 17.7 Å². The molecule has 2 N–H and O–H groups in total. The molecule has 2 atom stereocenters. The molecule has 2 unspecified atom stereocenters. The van der Waals surface area contributed by atoms with E-state index in [1.54, 1.807) is 18.2 Å². The molecule has 1 saturated heterocycles. The third-order valence-electron chi connectivity index (χ3n) is 3.42. The molecule has 0 saturated carbocycles. The maximum Gasteiger partial charge on any atom is 0.242 e. The van der Waals surface area contributed by atoms with Gasteiger partial charge in [-0.3, -0.25) is 4.90 Å². The van der Waals surface area contributed by atoms with E-state index >= 15 is 0 Å². The maximum atomic E-state index is 12.1. The molecule has 0 spiro atoms. The van der Waals surface area contributed by atoms with Gasteiger partial charge in [0.2, 0.25) is 10.0 Å². The van der Waals surface area contributed by atoms with Gasteiger partial charge in [0.25, 0.3) is 0 Å². The van der Waals surface area contributed by atoms with Crippen molar-refractivity contribution in [2.75, 3.05) is 27.2 Å². The van der Waals surface area contributed by atoms with E-state index in [1.165, 1.54) is 18.4 Å². The van der Waals surface area contributed by atoms with Crippen LogP contribution in [-0.2, 0) is 16.6 Å². The fourth-order valence-corrected chi connectivity index (χ4v) is 3.22. The van der Waals surface area contributed by atoms with Crippen LogP contribution in [0.15, 0.2) is 29.2 Å². The predicted octanol–water partition coefficient (Wildman–Crippen LogP) is -0.526. The zero-order valence-electron chi connectivity index (χ0n) is 11.6. The molecule has 2 rings (SSSR count). The van der Waals surface area contributed by atoms with Crippen molar-refractivity contribution in [2.45, 2.75) is 23.6 Å². The molecule has 0 aliphatic carbocycles. The van der Waals surface area contributed by atoms with Crippen LogP contribution in [0.3, 0.4) is 0 Å². The Hall–Kier alpha value is -0.990. The maximum absolute atomic E-state index is 12.1. The largest absolute Gasteiger partial charge is 0.389 e. The summed E-state index contributed by atoms with van der Waals surface area (Å²) in [7, 11) is -0.448. The summed E-state index contributed by atoms with van der Waals surface area (Å²) in [6.07, 6.45) is -1.47. The third-order valence-corrected chi connectivity index (χ3v) is 5.23. The minimum atomic E-state index is -3.44. The molecule has 0 aromatic heterocycles. The first-order chi connectivity index (χ1) is 9.30. The Morgan fingerprint density at radius 2 is 1.85 bits per heavy atom. The molecular formula is C13H20N2O4S. The number of benzene rings is 1. The summed E-state index contributed by atoms with van der Waals surface area (Å²) in [5.41, 5.74) is 0.842. The molecule has 0 bridgehead atoms. The van der Waals surface area contributed by atoms with E-state index in [9.17, 15) is 18.6 Å². The SMILES string of the molecule is CN(C)S(=O)(=O)c1cccc(CN2CC(O)C(O)C2)c1. The number of aliphatic hydroxyl groups is 2. The van der Waals surface area contributed by atoms with Gasteiger partial charge in [-0.15, -0.1) is 0 Å². The third kappa shape index (κ3) is 3.18. The number of nitrogens with zero attached hydrogens (tertiary/aromatic N) is 2. The number of sulfonamides is 1. The molecule has 20 heavy (non-hydrogen) atoms. The second-order valence-electron chi connectivity index (χ2n) is 5.26. The first-order valence-corrected chi connectivity index (χ1v) is 7.84. The number of β-amino-alcohol motifs (C(OH)–C–C–N with tert-alkyl or cyclic N) is 2. The number of likely N-dealkylation sites (tertiary alicyclic amines) is 1. The highest BCUT2D eigenvalue weighted by Gasteiger charge is 2.29. The van der Waals surface area contributed by atoms with Gasteiger partial charge >= 0.3 is 0 Å². The van der Waals surface area contributed by atoms with Crippen LogP contribution in [0.25, 0.3) is 0 Å². The van der Waals surface area contributed by atoms with Crippen molar-refractivity contribution in [1.82, 2.24) is 9.21 Å². The Balaban J connectivity index is 2.15. The van der Waals surface area contributed by atoms with Gasteiger partial charge in [0.1, 0.15) is 0 Å². The van der Waals surface area contributed by atoms with Crippen LogP contribution in [0.5, 0.6) is 0 Å². The molecule has 7 heteroatoms. The van der Waals surface area contributed by atoms with Crippen molar-refractivity contribution in [2.24, 2.45) is 0 Å². The van der Waals surface area contributed by atoms with Gasteiger partial charge in [-0.25, -0.2) is 12.7 Å². The summed E-state index contributed by atoms with van der Waals surface area (Å²) < 4.78 is 25.3. The van der Waals surface area contributed by atoms with Gasteiger partial charge in [-0.2, -0.15) is 0 Å². The Morgan fingerprint density at radius 1 is 1.25 bits per heavy atom. The van der Waals surface area contributed by atoms with Crippen molar-refractivity contribution < 1.29 is 18.6 Å². The number of hydrogen-bond donors (Lipinski definition) is 2. The lowest BCUT2D eigenvalue weighted by atomic mass is 10.2. The molecule has 1 aliphatic heterocycles. The molecule has 112 valence electrons. The van der Waals surface area contributed by atoms with E-state index in [-0.39, 0.29) is 4.90 Å². The Morgan fingerprint density at radius 3 is 2.40 bits per heavy atom. The lowest BCUT2D eigenvalue weighted by molar-refractivity contribution is 0.0572. The van der Waals surface area contributed by atoms with Crippen LogP contribution in [0.1, 0.15) is 5.56 Å². The average Bonchev–Trinajstić information content (AvgIpc) is 2.68. The molecular weight excluding hydrogens is 280 g/mol. The lowest BCUT2D eigenvalue weighted by Gasteiger charge is -2.16. The van der Waals surface area contributed by atoms with Gasteiger partial charge < -0.3 is 10.2 Å². The highest BCUT2D eigenvalue weighted by Crippen LogP contribution is 2.18. The smallest absolute Gasteiger partial charge is 0.242 e. The van der Waals surface area contributed by atoms with E-state index in [2.05, 4.69) is 0 Å². The van der Waals surface area contributed by atoms with Gasteiger partial charge in [0, 0.05) is 33.7 Å². The van der Waals surface area contributed by atoms with Crippen molar-refractivity contribution in [1.29, 1.82) is 0 Å². The first kappa shape index (κ1) is 15.4. The standard InChI is InChI=1S/C13H20N2O4S/c1-14(2)20(18,19)11-5-3-4-10(6-11)7-15-8-12(16)13(17)9-15/h3-6,12-13,16-17H,7-9H2,1-2H3. The fraction of sp³-hybridized carbons (Fsp3) is 0.538. The fourth-order valence-electron chi connectivity index (χ4n) is 2.25. The molecule has 0 radical (unpaired) electrons. The lowest BCUT2D eigenvalue weighted by Crippen LogP contribution is -2.23. The molecule has 1 heterocycles. The van der Waals surface area contributed by atoms with Crippen molar-refractivity contribution in [3.05, 3.63) is 29.8 Å². The van der Waals surface area contributed by atoms with Crippen LogP contribution in [0.2, 0.25) is 0 Å². The van der Waals surface area contributed by atoms with Gasteiger partial charge in [-0.1, -0.05) is 12.1 Å². The Labute approximate surface area is 119 Å². The van der Waals surface area contributed by atoms with E-state index in [1.807, 2.05) is 11.0 Å². The average molecular weight is 300 g/mol. The van der Waals surface area contributed by atoms with E-state index in [0.717, 1.165) is 5.56 Å². The van der Waals surface area contributed by atoms with E-state index < -0.39 is 22.2 Å². The second kappa shape index (κ2) is 5.79. The van der Waals surface area contributed by atoms with Crippen molar-refractivity contribution >= 4 is 10.0 Å².